The van der Waals surface area contributed by atoms with Crippen molar-refractivity contribution < 1.29 is 8.76 Å². The van der Waals surface area contributed by atoms with Crippen molar-refractivity contribution in [2.45, 2.75) is 4.21 Å². The zero-order valence-electron chi connectivity index (χ0n) is 4.47. The molecule has 0 aromatic carbocycles. The summed E-state index contributed by atoms with van der Waals surface area (Å²) in [6.45, 7) is 0. The highest BCUT2D eigenvalue weighted by Gasteiger charge is 2.04. The van der Waals surface area contributed by atoms with Gasteiger partial charge in [-0.2, -0.15) is 0 Å². The first kappa shape index (κ1) is 8.67. The normalized spacial score (nSPS) is 13.5. The summed E-state index contributed by atoms with van der Waals surface area (Å²) in [6, 6.07) is 1.55. The van der Waals surface area contributed by atoms with E-state index in [0.717, 1.165) is 11.3 Å². The molecule has 1 aromatic rings. The monoisotopic (exact) mass is 259 g/mol. The highest BCUT2D eigenvalue weighted by atomic mass is 79.9. The lowest BCUT2D eigenvalue weighted by molar-refractivity contribution is 0.539. The summed E-state index contributed by atoms with van der Waals surface area (Å²) < 4.78 is 21.9. The summed E-state index contributed by atoms with van der Waals surface area (Å²) in [6.07, 6.45) is 0. The van der Waals surface area contributed by atoms with E-state index in [1.807, 2.05) is 0 Å². The third-order valence-corrected chi connectivity index (χ3v) is 4.17. The van der Waals surface area contributed by atoms with Crippen LogP contribution >= 0.6 is 38.9 Å². The molecule has 0 fully saturated rings. The van der Waals surface area contributed by atoms with Crippen LogP contribution in [-0.4, -0.2) is 8.76 Å². The van der Waals surface area contributed by atoms with Crippen LogP contribution in [0.1, 0.15) is 0 Å². The third-order valence-electron chi connectivity index (χ3n) is 0.777. The molecule has 2 nitrogen and oxygen atoms in total. The molecule has 0 saturated heterocycles. The maximum atomic E-state index is 10.4. The Labute approximate surface area is 77.6 Å². The van der Waals surface area contributed by atoms with Crippen LogP contribution in [0.3, 0.4) is 0 Å². The molecule has 0 aliphatic carbocycles. The fourth-order valence-electron chi connectivity index (χ4n) is 0.439. The van der Waals surface area contributed by atoms with Crippen LogP contribution in [0.4, 0.5) is 0 Å². The molecule has 0 aliphatic heterocycles. The molecular weight excluding hydrogens is 260 g/mol. The average Bonchev–Trinajstić information content (AvgIpc) is 2.10. The van der Waals surface area contributed by atoms with Crippen molar-refractivity contribution >= 4 is 49.9 Å². The molecule has 0 radical (unpaired) electrons. The second-order valence-electron chi connectivity index (χ2n) is 1.42. The molecule has 0 bridgehead atoms. The van der Waals surface area contributed by atoms with Crippen molar-refractivity contribution in [3.8, 4) is 0 Å². The number of halogens is 2. The van der Waals surface area contributed by atoms with Crippen LogP contribution in [0, 0.1) is 0 Å². The molecule has 1 unspecified atom stereocenters. The molecule has 1 atom stereocenters. The van der Waals surface area contributed by atoms with Crippen molar-refractivity contribution in [2.75, 3.05) is 0 Å². The lowest BCUT2D eigenvalue weighted by atomic mass is 10.7. The fourth-order valence-corrected chi connectivity index (χ4v) is 3.34. The maximum Gasteiger partial charge on any atom is 0.0952 e. The van der Waals surface area contributed by atoms with E-state index in [4.69, 9.17) is 11.6 Å². The van der Waals surface area contributed by atoms with Crippen molar-refractivity contribution in [3.63, 3.8) is 0 Å². The number of thiophene rings is 1. The lowest BCUT2D eigenvalue weighted by Gasteiger charge is -1.99. The van der Waals surface area contributed by atoms with Crippen molar-refractivity contribution in [1.29, 1.82) is 0 Å². The molecule has 1 aromatic heterocycles. The van der Waals surface area contributed by atoms with Gasteiger partial charge in [0.05, 0.1) is 8.55 Å². The van der Waals surface area contributed by atoms with E-state index >= 15 is 0 Å². The van der Waals surface area contributed by atoms with E-state index in [1.165, 1.54) is 0 Å². The third kappa shape index (κ3) is 1.79. The van der Waals surface area contributed by atoms with Gasteiger partial charge in [-0.05, 0) is 33.1 Å². The Balaban J connectivity index is 3.15. The Kier molecular flexibility index (Phi) is 2.88. The number of hydrogen-bond donors (Lipinski definition) is 0. The number of rotatable bonds is 1. The quantitative estimate of drug-likeness (QED) is 0.728. The Bertz CT molecular complexity index is 272. The van der Waals surface area contributed by atoms with Gasteiger partial charge in [0.25, 0.3) is 0 Å². The standard InChI is InChI=1S/C4H2BrClO2S2/c5-2-1-3(6)9-4(2)10(7)8/h1H,(H,7,8)/p-1. The molecule has 0 spiro atoms. The SMILES string of the molecule is O=S([O-])c1sc(Cl)cc1Br. The van der Waals surface area contributed by atoms with Gasteiger partial charge in [0.2, 0.25) is 0 Å². The van der Waals surface area contributed by atoms with Crippen molar-refractivity contribution in [2.24, 2.45) is 0 Å². The molecule has 1 rings (SSSR count). The van der Waals surface area contributed by atoms with Crippen LogP contribution in [0.25, 0.3) is 0 Å². The molecule has 10 heavy (non-hydrogen) atoms. The van der Waals surface area contributed by atoms with Crippen molar-refractivity contribution in [1.82, 2.24) is 0 Å². The van der Waals surface area contributed by atoms with Gasteiger partial charge in [0.15, 0.2) is 0 Å². The molecule has 0 N–H and O–H groups in total. The highest BCUT2D eigenvalue weighted by Crippen LogP contribution is 2.32. The minimum atomic E-state index is -2.18. The van der Waals surface area contributed by atoms with Crippen LogP contribution < -0.4 is 0 Å². The molecular formula is C4HBrClO2S2-. The van der Waals surface area contributed by atoms with Crippen LogP contribution in [-0.2, 0) is 11.1 Å². The second-order valence-corrected chi connectivity index (χ2v) is 5.09. The summed E-state index contributed by atoms with van der Waals surface area (Å²) in [7, 11) is 0. The molecule has 0 aliphatic rings. The van der Waals surface area contributed by atoms with Crippen LogP contribution in [0.15, 0.2) is 14.7 Å². The summed E-state index contributed by atoms with van der Waals surface area (Å²) in [5.41, 5.74) is 0. The van der Waals surface area contributed by atoms with Crippen LogP contribution in [0.5, 0.6) is 0 Å². The summed E-state index contributed by atoms with van der Waals surface area (Å²) in [4.78, 5) is 0. The molecule has 0 amide bonds. The molecule has 1 heterocycles. The van der Waals surface area contributed by atoms with E-state index in [-0.39, 0.29) is 4.21 Å². The van der Waals surface area contributed by atoms with Gasteiger partial charge >= 0.3 is 0 Å². The second kappa shape index (κ2) is 3.32. The van der Waals surface area contributed by atoms with E-state index in [0.29, 0.717) is 8.81 Å². The lowest BCUT2D eigenvalue weighted by Crippen LogP contribution is -1.82. The van der Waals surface area contributed by atoms with E-state index < -0.39 is 11.1 Å². The maximum absolute atomic E-state index is 10.4. The zero-order valence-corrected chi connectivity index (χ0v) is 8.44. The minimum absolute atomic E-state index is 0.241. The predicted molar refractivity (Wildman–Crippen MR) is 44.2 cm³/mol. The molecule has 0 saturated carbocycles. The van der Waals surface area contributed by atoms with Gasteiger partial charge in [-0.15, -0.1) is 11.3 Å². The Hall–Kier alpha value is 0.580. The van der Waals surface area contributed by atoms with Gasteiger partial charge in [-0.1, -0.05) is 11.6 Å². The molecule has 6 heteroatoms. The van der Waals surface area contributed by atoms with Gasteiger partial charge in [0.1, 0.15) is 0 Å². The van der Waals surface area contributed by atoms with E-state index in [9.17, 15) is 8.76 Å². The Morgan fingerprint density at radius 2 is 2.40 bits per heavy atom. The fraction of sp³-hybridized carbons (Fsp3) is 0. The summed E-state index contributed by atoms with van der Waals surface area (Å²) >= 11 is 7.42. The smallest absolute Gasteiger partial charge is 0.0952 e. The average molecular weight is 261 g/mol. The van der Waals surface area contributed by atoms with Gasteiger partial charge in [-0.3, -0.25) is 4.21 Å². The van der Waals surface area contributed by atoms with Crippen molar-refractivity contribution in [3.05, 3.63) is 14.9 Å². The largest absolute Gasteiger partial charge is 0.768 e. The predicted octanol–water partition coefficient (Wildman–Crippen LogP) is 2.40. The summed E-state index contributed by atoms with van der Waals surface area (Å²) in [5.74, 6) is 0. The summed E-state index contributed by atoms with van der Waals surface area (Å²) in [5, 5.41) is 0. The first-order valence-electron chi connectivity index (χ1n) is 2.15. The highest BCUT2D eigenvalue weighted by molar-refractivity contribution is 9.10. The minimum Gasteiger partial charge on any atom is -0.768 e. The first-order valence-corrected chi connectivity index (χ1v) is 5.21. The van der Waals surface area contributed by atoms with Gasteiger partial charge in [0, 0.05) is 4.47 Å². The van der Waals surface area contributed by atoms with Gasteiger partial charge < -0.3 is 4.55 Å². The Morgan fingerprint density at radius 3 is 2.60 bits per heavy atom. The Morgan fingerprint density at radius 1 is 1.80 bits per heavy atom. The first-order chi connectivity index (χ1) is 4.61. The van der Waals surface area contributed by atoms with E-state index in [2.05, 4.69) is 15.9 Å². The zero-order chi connectivity index (χ0) is 7.72. The van der Waals surface area contributed by atoms with Crippen LogP contribution in [0.2, 0.25) is 4.34 Å². The van der Waals surface area contributed by atoms with Gasteiger partial charge in [-0.25, -0.2) is 0 Å². The molecule has 56 valence electrons. The van der Waals surface area contributed by atoms with E-state index in [1.54, 1.807) is 6.07 Å². The topological polar surface area (TPSA) is 40.1 Å². The number of hydrogen-bond acceptors (Lipinski definition) is 3.